The second-order valence-electron chi connectivity index (χ2n) is 12.3. The van der Waals surface area contributed by atoms with Crippen molar-refractivity contribution in [1.82, 2.24) is 14.7 Å². The van der Waals surface area contributed by atoms with Gasteiger partial charge in [0.2, 0.25) is 11.8 Å². The number of hydrogen-bond acceptors (Lipinski definition) is 3. The van der Waals surface area contributed by atoms with Crippen LogP contribution in [0, 0.1) is 11.3 Å². The van der Waals surface area contributed by atoms with Crippen LogP contribution in [-0.2, 0) is 15.0 Å². The summed E-state index contributed by atoms with van der Waals surface area (Å²) in [6.07, 6.45) is 7.48. The van der Waals surface area contributed by atoms with Crippen LogP contribution in [0.25, 0.3) is 0 Å². The van der Waals surface area contributed by atoms with Crippen molar-refractivity contribution in [2.24, 2.45) is 11.3 Å². The van der Waals surface area contributed by atoms with E-state index in [0.717, 1.165) is 19.3 Å². The van der Waals surface area contributed by atoms with Crippen molar-refractivity contribution in [3.05, 3.63) is 35.4 Å². The molecule has 5 nitrogen and oxygen atoms in total. The minimum absolute atomic E-state index is 0.0368. The minimum Gasteiger partial charge on any atom is -0.343 e. The summed E-state index contributed by atoms with van der Waals surface area (Å²) in [5.41, 5.74) is 3.52. The molecule has 188 valence electrons. The van der Waals surface area contributed by atoms with Crippen molar-refractivity contribution in [1.29, 1.82) is 0 Å². The number of nitrogens with zero attached hydrogens (tertiary/aromatic N) is 3. The van der Waals surface area contributed by atoms with Gasteiger partial charge in [0.25, 0.3) is 0 Å². The molecule has 0 radical (unpaired) electrons. The topological polar surface area (TPSA) is 43.9 Å². The zero-order valence-electron chi connectivity index (χ0n) is 22.1. The number of fused-ring (bicyclic) bond motifs is 2. The van der Waals surface area contributed by atoms with E-state index in [1.54, 1.807) is 6.92 Å². The Morgan fingerprint density at radius 2 is 1.65 bits per heavy atom. The van der Waals surface area contributed by atoms with Gasteiger partial charge in [0.1, 0.15) is 0 Å². The summed E-state index contributed by atoms with van der Waals surface area (Å²) in [4.78, 5) is 31.7. The molecule has 2 fully saturated rings. The molecule has 0 unspecified atom stereocenters. The molecule has 0 bridgehead atoms. The first-order valence-corrected chi connectivity index (χ1v) is 13.4. The third-order valence-electron chi connectivity index (χ3n) is 8.88. The number of likely N-dealkylation sites (tertiary alicyclic amines) is 2. The molecule has 0 aromatic heterocycles. The van der Waals surface area contributed by atoms with Crippen molar-refractivity contribution in [3.8, 4) is 0 Å². The van der Waals surface area contributed by atoms with E-state index in [1.807, 2.05) is 16.8 Å². The Kier molecular flexibility index (Phi) is 7.42. The molecule has 4 rings (SSSR count). The predicted molar refractivity (Wildman–Crippen MR) is 138 cm³/mol. The van der Waals surface area contributed by atoms with Crippen LogP contribution in [0.3, 0.4) is 0 Å². The molecule has 0 N–H and O–H groups in total. The number of hydrogen-bond donors (Lipinski definition) is 0. The van der Waals surface area contributed by atoms with E-state index in [0.29, 0.717) is 18.5 Å². The first-order chi connectivity index (χ1) is 16.1. The third-order valence-corrected chi connectivity index (χ3v) is 8.88. The maximum absolute atomic E-state index is 13.5. The highest BCUT2D eigenvalue weighted by atomic mass is 16.2. The minimum atomic E-state index is 0.0368. The second kappa shape index (κ2) is 10.0. The quantitative estimate of drug-likeness (QED) is 0.625. The first-order valence-electron chi connectivity index (χ1n) is 13.4. The van der Waals surface area contributed by atoms with Gasteiger partial charge in [0, 0.05) is 33.0 Å². The van der Waals surface area contributed by atoms with Crippen molar-refractivity contribution >= 4 is 11.8 Å². The Bertz CT molecular complexity index is 874. The molecule has 1 atom stereocenters. The SMILES string of the molecule is CC(=O)N1CCC(C(=O)N(C)[C@H]2CCC3(CCN(CCC(C)(C)C)CC3)c3ccccc32)CC1. The molecule has 2 saturated heterocycles. The van der Waals surface area contributed by atoms with Gasteiger partial charge in [-0.1, -0.05) is 45.0 Å². The first kappa shape index (κ1) is 25.2. The molecule has 1 aliphatic carbocycles. The van der Waals surface area contributed by atoms with Crippen molar-refractivity contribution in [3.63, 3.8) is 0 Å². The number of amides is 2. The van der Waals surface area contributed by atoms with E-state index in [2.05, 4.69) is 49.9 Å². The van der Waals surface area contributed by atoms with Gasteiger partial charge in [0.05, 0.1) is 6.04 Å². The van der Waals surface area contributed by atoms with Crippen LogP contribution in [0.2, 0.25) is 0 Å². The molecule has 3 aliphatic rings. The van der Waals surface area contributed by atoms with Gasteiger partial charge < -0.3 is 14.7 Å². The smallest absolute Gasteiger partial charge is 0.226 e. The monoisotopic (exact) mass is 467 g/mol. The molecule has 2 amide bonds. The van der Waals surface area contributed by atoms with E-state index >= 15 is 0 Å². The summed E-state index contributed by atoms with van der Waals surface area (Å²) >= 11 is 0. The largest absolute Gasteiger partial charge is 0.343 e. The molecule has 34 heavy (non-hydrogen) atoms. The van der Waals surface area contributed by atoms with Crippen LogP contribution in [0.15, 0.2) is 24.3 Å². The lowest BCUT2D eigenvalue weighted by Crippen LogP contribution is -2.48. The van der Waals surface area contributed by atoms with Gasteiger partial charge in [-0.2, -0.15) is 0 Å². The van der Waals surface area contributed by atoms with Crippen LogP contribution in [0.4, 0.5) is 0 Å². The zero-order valence-corrected chi connectivity index (χ0v) is 22.1. The fourth-order valence-electron chi connectivity index (χ4n) is 6.48. The number of piperidine rings is 2. The van der Waals surface area contributed by atoms with Crippen LogP contribution >= 0.6 is 0 Å². The molecule has 0 saturated carbocycles. The zero-order chi connectivity index (χ0) is 24.5. The lowest BCUT2D eigenvalue weighted by molar-refractivity contribution is -0.141. The highest BCUT2D eigenvalue weighted by molar-refractivity contribution is 5.80. The van der Waals surface area contributed by atoms with Gasteiger partial charge in [-0.3, -0.25) is 9.59 Å². The molecule has 2 aliphatic heterocycles. The fraction of sp³-hybridized carbons (Fsp3) is 0.724. The van der Waals surface area contributed by atoms with Gasteiger partial charge in [-0.15, -0.1) is 0 Å². The molecule has 1 aromatic rings. The van der Waals surface area contributed by atoms with Crippen LogP contribution < -0.4 is 0 Å². The highest BCUT2D eigenvalue weighted by Gasteiger charge is 2.44. The summed E-state index contributed by atoms with van der Waals surface area (Å²) in [6.45, 7) is 13.6. The maximum atomic E-state index is 13.5. The van der Waals surface area contributed by atoms with Gasteiger partial charge in [0.15, 0.2) is 0 Å². The summed E-state index contributed by atoms with van der Waals surface area (Å²) < 4.78 is 0. The average Bonchev–Trinajstić information content (AvgIpc) is 2.83. The molecular formula is C29H45N3O2. The Labute approximate surface area is 206 Å². The lowest BCUT2D eigenvalue weighted by atomic mass is 9.63. The van der Waals surface area contributed by atoms with Crippen molar-refractivity contribution < 1.29 is 9.59 Å². The molecule has 1 aromatic carbocycles. The standard InChI is InChI=1S/C29H45N3O2/c1-22(33)32-17-11-23(12-18-32)27(34)30(5)26-10-13-29(25-9-7-6-8-24(25)26)15-20-31(21-16-29)19-14-28(2,3)4/h6-9,23,26H,10-21H2,1-5H3/t26-/m0/s1. The van der Waals surface area contributed by atoms with E-state index in [9.17, 15) is 9.59 Å². The van der Waals surface area contributed by atoms with Crippen LogP contribution in [0.5, 0.6) is 0 Å². The Hall–Kier alpha value is -1.88. The molecule has 1 spiro atoms. The lowest BCUT2D eigenvalue weighted by Gasteiger charge is -2.49. The van der Waals surface area contributed by atoms with Crippen molar-refractivity contribution in [2.75, 3.05) is 39.8 Å². The summed E-state index contributed by atoms with van der Waals surface area (Å²) in [5.74, 6) is 0.417. The Morgan fingerprint density at radius 1 is 1.00 bits per heavy atom. The van der Waals surface area contributed by atoms with Crippen LogP contribution in [-0.4, -0.2) is 66.3 Å². The number of rotatable bonds is 4. The highest BCUT2D eigenvalue weighted by Crippen LogP contribution is 2.49. The number of benzene rings is 1. The van der Waals surface area contributed by atoms with Crippen LogP contribution in [0.1, 0.15) is 89.8 Å². The molecule has 2 heterocycles. The van der Waals surface area contributed by atoms with Gasteiger partial charge >= 0.3 is 0 Å². The predicted octanol–water partition coefficient (Wildman–Crippen LogP) is 5.01. The summed E-state index contributed by atoms with van der Waals surface area (Å²) in [7, 11) is 2.01. The molecule has 5 heteroatoms. The Morgan fingerprint density at radius 3 is 2.26 bits per heavy atom. The maximum Gasteiger partial charge on any atom is 0.226 e. The summed E-state index contributed by atoms with van der Waals surface area (Å²) in [6, 6.07) is 9.12. The van der Waals surface area contributed by atoms with Gasteiger partial charge in [-0.05, 0) is 86.5 Å². The van der Waals surface area contributed by atoms with E-state index in [-0.39, 0.29) is 29.2 Å². The number of carbonyl (C=O) groups is 2. The summed E-state index contributed by atoms with van der Waals surface area (Å²) in [5, 5.41) is 0. The van der Waals surface area contributed by atoms with Gasteiger partial charge in [-0.25, -0.2) is 0 Å². The molecular weight excluding hydrogens is 422 g/mol. The van der Waals surface area contributed by atoms with Crippen molar-refractivity contribution in [2.45, 2.75) is 84.1 Å². The van der Waals surface area contributed by atoms with E-state index < -0.39 is 0 Å². The fourth-order valence-corrected chi connectivity index (χ4v) is 6.48. The Balaban J connectivity index is 1.44. The average molecular weight is 468 g/mol. The number of carbonyl (C=O) groups excluding carboxylic acids is 2. The third kappa shape index (κ3) is 5.35. The van der Waals surface area contributed by atoms with E-state index in [1.165, 1.54) is 56.4 Å². The second-order valence-corrected chi connectivity index (χ2v) is 12.3. The normalized spacial score (nSPS) is 23.6. The van der Waals surface area contributed by atoms with E-state index in [4.69, 9.17) is 0 Å².